The number of esters is 1. The Morgan fingerprint density at radius 1 is 1.33 bits per heavy atom. The molecular formula is C12H14N2O7. The van der Waals surface area contributed by atoms with Crippen LogP contribution in [0.5, 0.6) is 11.5 Å². The van der Waals surface area contributed by atoms with Gasteiger partial charge in [-0.1, -0.05) is 0 Å². The summed E-state index contributed by atoms with van der Waals surface area (Å²) in [5.41, 5.74) is -0.324. The van der Waals surface area contributed by atoms with E-state index < -0.39 is 23.4 Å². The van der Waals surface area contributed by atoms with Crippen molar-refractivity contribution in [3.63, 3.8) is 0 Å². The Hall–Kier alpha value is -2.84. The van der Waals surface area contributed by atoms with Gasteiger partial charge in [-0.3, -0.25) is 19.7 Å². The number of benzene rings is 1. The van der Waals surface area contributed by atoms with Gasteiger partial charge in [-0.05, 0) is 12.1 Å². The second-order valence-corrected chi connectivity index (χ2v) is 3.73. The summed E-state index contributed by atoms with van der Waals surface area (Å²) in [5, 5.41) is 13.1. The Bertz CT molecular complexity index is 544. The lowest BCUT2D eigenvalue weighted by atomic mass is 10.3. The predicted molar refractivity (Wildman–Crippen MR) is 70.2 cm³/mol. The van der Waals surface area contributed by atoms with Crippen LogP contribution in [0.3, 0.4) is 0 Å². The maximum atomic E-state index is 11.4. The molecule has 0 aliphatic heterocycles. The third-order valence-corrected chi connectivity index (χ3v) is 2.38. The number of nitro benzene ring substituents is 1. The van der Waals surface area contributed by atoms with Crippen molar-refractivity contribution in [1.82, 2.24) is 5.32 Å². The lowest BCUT2D eigenvalue weighted by Crippen LogP contribution is -2.33. The topological polar surface area (TPSA) is 117 Å². The van der Waals surface area contributed by atoms with Crippen LogP contribution in [0.15, 0.2) is 18.2 Å². The molecule has 0 saturated carbocycles. The first-order valence-electron chi connectivity index (χ1n) is 5.76. The Kier molecular flexibility index (Phi) is 5.93. The van der Waals surface area contributed by atoms with Crippen LogP contribution in [0.1, 0.15) is 0 Å². The summed E-state index contributed by atoms with van der Waals surface area (Å²) in [4.78, 5) is 32.5. The monoisotopic (exact) mass is 298 g/mol. The first-order valence-corrected chi connectivity index (χ1v) is 5.76. The van der Waals surface area contributed by atoms with Crippen LogP contribution in [0.4, 0.5) is 5.69 Å². The minimum absolute atomic E-state index is 0.0750. The van der Waals surface area contributed by atoms with Gasteiger partial charge in [0.25, 0.3) is 5.91 Å². The van der Waals surface area contributed by atoms with Gasteiger partial charge in [0.2, 0.25) is 0 Å². The van der Waals surface area contributed by atoms with E-state index in [0.29, 0.717) is 5.75 Å². The highest BCUT2D eigenvalue weighted by molar-refractivity contribution is 5.82. The van der Waals surface area contributed by atoms with Crippen molar-refractivity contribution in [2.45, 2.75) is 0 Å². The van der Waals surface area contributed by atoms with Gasteiger partial charge < -0.3 is 19.5 Å². The highest BCUT2D eigenvalue weighted by atomic mass is 16.6. The minimum Gasteiger partial charge on any atom is -0.496 e. The molecule has 1 aromatic rings. The van der Waals surface area contributed by atoms with E-state index in [1.165, 1.54) is 32.4 Å². The third-order valence-electron chi connectivity index (χ3n) is 2.38. The molecule has 1 aromatic carbocycles. The molecule has 0 aromatic heterocycles. The van der Waals surface area contributed by atoms with Crippen LogP contribution in [-0.2, 0) is 14.3 Å². The number of hydrogen-bond donors (Lipinski definition) is 1. The summed E-state index contributed by atoms with van der Waals surface area (Å²) < 4.78 is 14.3. The van der Waals surface area contributed by atoms with Crippen LogP contribution in [0, 0.1) is 10.1 Å². The second-order valence-electron chi connectivity index (χ2n) is 3.73. The van der Waals surface area contributed by atoms with Crippen molar-refractivity contribution in [2.75, 3.05) is 27.4 Å². The van der Waals surface area contributed by atoms with Gasteiger partial charge >= 0.3 is 11.7 Å². The molecule has 21 heavy (non-hydrogen) atoms. The zero-order chi connectivity index (χ0) is 15.8. The Balaban J connectivity index is 2.64. The molecule has 0 heterocycles. The average molecular weight is 298 g/mol. The van der Waals surface area contributed by atoms with Gasteiger partial charge in [0.05, 0.1) is 25.2 Å². The smallest absolute Gasteiger partial charge is 0.325 e. The second kappa shape index (κ2) is 7.68. The number of carbonyl (C=O) groups is 2. The molecule has 0 atom stereocenters. The molecule has 0 spiro atoms. The van der Waals surface area contributed by atoms with Gasteiger partial charge in [-0.25, -0.2) is 0 Å². The number of amides is 1. The quantitative estimate of drug-likeness (QED) is 0.436. The van der Waals surface area contributed by atoms with Gasteiger partial charge in [0, 0.05) is 0 Å². The van der Waals surface area contributed by atoms with E-state index >= 15 is 0 Å². The molecule has 0 aliphatic carbocycles. The van der Waals surface area contributed by atoms with Crippen molar-refractivity contribution in [3.8, 4) is 11.5 Å². The molecule has 114 valence electrons. The minimum atomic E-state index is -0.649. The van der Waals surface area contributed by atoms with E-state index in [-0.39, 0.29) is 18.0 Å². The molecule has 0 bridgehead atoms. The fourth-order valence-corrected chi connectivity index (χ4v) is 1.33. The number of nitrogens with zero attached hydrogens (tertiary/aromatic N) is 1. The standard InChI is InChI=1S/C12H14N2O7/c1-19-8-3-4-10(9(5-8)14(17)18)21-7-11(15)13-6-12(16)20-2/h3-5H,6-7H2,1-2H3,(H,13,15). The molecule has 1 amide bonds. The van der Waals surface area contributed by atoms with E-state index in [9.17, 15) is 19.7 Å². The average Bonchev–Trinajstić information content (AvgIpc) is 2.50. The van der Waals surface area contributed by atoms with Crippen LogP contribution in [-0.4, -0.2) is 44.2 Å². The Morgan fingerprint density at radius 2 is 2.05 bits per heavy atom. The predicted octanol–water partition coefficient (Wildman–Crippen LogP) is 0.271. The van der Waals surface area contributed by atoms with E-state index in [2.05, 4.69) is 10.1 Å². The molecule has 1 rings (SSSR count). The van der Waals surface area contributed by atoms with Gasteiger partial charge in [-0.2, -0.15) is 0 Å². The maximum absolute atomic E-state index is 11.4. The molecule has 0 fully saturated rings. The SMILES string of the molecule is COC(=O)CNC(=O)COc1ccc(OC)cc1[N+](=O)[O-]. The summed E-state index contributed by atoms with van der Waals surface area (Å²) >= 11 is 0. The van der Waals surface area contributed by atoms with Crippen molar-refractivity contribution in [1.29, 1.82) is 0 Å². The highest BCUT2D eigenvalue weighted by Gasteiger charge is 2.17. The summed E-state index contributed by atoms with van der Waals surface area (Å²) in [7, 11) is 2.56. The molecular weight excluding hydrogens is 284 g/mol. The van der Waals surface area contributed by atoms with Crippen LogP contribution < -0.4 is 14.8 Å². The Morgan fingerprint density at radius 3 is 2.62 bits per heavy atom. The molecule has 0 radical (unpaired) electrons. The van der Waals surface area contributed by atoms with Crippen LogP contribution >= 0.6 is 0 Å². The zero-order valence-electron chi connectivity index (χ0n) is 11.5. The van der Waals surface area contributed by atoms with E-state index in [1.54, 1.807) is 0 Å². The molecule has 0 unspecified atom stereocenters. The lowest BCUT2D eigenvalue weighted by molar-refractivity contribution is -0.385. The first-order chi connectivity index (χ1) is 9.97. The van der Waals surface area contributed by atoms with Crippen molar-refractivity contribution < 1.29 is 28.7 Å². The zero-order valence-corrected chi connectivity index (χ0v) is 11.5. The van der Waals surface area contributed by atoms with Gasteiger partial charge in [0.1, 0.15) is 12.3 Å². The van der Waals surface area contributed by atoms with Crippen molar-refractivity contribution in [3.05, 3.63) is 28.3 Å². The summed E-state index contributed by atoms with van der Waals surface area (Å²) in [5.74, 6) is -0.998. The van der Waals surface area contributed by atoms with E-state index in [0.717, 1.165) is 0 Å². The first kappa shape index (κ1) is 16.2. The summed E-state index contributed by atoms with van der Waals surface area (Å²) in [6, 6.07) is 3.97. The Labute approximate surface area is 119 Å². The lowest BCUT2D eigenvalue weighted by Gasteiger charge is -2.08. The van der Waals surface area contributed by atoms with Crippen LogP contribution in [0.2, 0.25) is 0 Å². The fraction of sp³-hybridized carbons (Fsp3) is 0.333. The van der Waals surface area contributed by atoms with Gasteiger partial charge in [-0.15, -0.1) is 0 Å². The maximum Gasteiger partial charge on any atom is 0.325 e. The third kappa shape index (κ3) is 4.97. The van der Waals surface area contributed by atoms with E-state index in [4.69, 9.17) is 9.47 Å². The number of rotatable bonds is 7. The number of nitrogens with one attached hydrogen (secondary N) is 1. The summed E-state index contributed by atoms with van der Waals surface area (Å²) in [6.45, 7) is -0.770. The number of nitro groups is 1. The normalized spacial score (nSPS) is 9.62. The fourth-order valence-electron chi connectivity index (χ4n) is 1.33. The van der Waals surface area contributed by atoms with Crippen molar-refractivity contribution in [2.24, 2.45) is 0 Å². The number of carbonyl (C=O) groups excluding carboxylic acids is 2. The van der Waals surface area contributed by atoms with Crippen molar-refractivity contribution >= 4 is 17.6 Å². The molecule has 0 saturated heterocycles. The van der Waals surface area contributed by atoms with E-state index in [1.807, 2.05) is 0 Å². The molecule has 1 N–H and O–H groups in total. The number of hydrogen-bond acceptors (Lipinski definition) is 7. The summed E-state index contributed by atoms with van der Waals surface area (Å²) in [6.07, 6.45) is 0. The van der Waals surface area contributed by atoms with Gasteiger partial charge in [0.15, 0.2) is 12.4 Å². The molecule has 9 nitrogen and oxygen atoms in total. The molecule has 9 heteroatoms. The number of ether oxygens (including phenoxy) is 3. The highest BCUT2D eigenvalue weighted by Crippen LogP contribution is 2.30. The number of methoxy groups -OCH3 is 2. The van der Waals surface area contributed by atoms with Crippen LogP contribution in [0.25, 0.3) is 0 Å². The molecule has 0 aliphatic rings. The largest absolute Gasteiger partial charge is 0.496 e.